The van der Waals surface area contributed by atoms with Crippen molar-refractivity contribution in [3.63, 3.8) is 0 Å². The first-order chi connectivity index (χ1) is 8.41. The van der Waals surface area contributed by atoms with E-state index in [0.29, 0.717) is 19.0 Å². The molecule has 1 aromatic rings. The number of hydrogen-bond acceptors (Lipinski definition) is 4. The first kappa shape index (κ1) is 14.9. The summed E-state index contributed by atoms with van der Waals surface area (Å²) in [6.45, 7) is 6.91. The summed E-state index contributed by atoms with van der Waals surface area (Å²) in [6, 6.07) is 2.87. The Labute approximate surface area is 109 Å². The van der Waals surface area contributed by atoms with Gasteiger partial charge in [0.1, 0.15) is 5.82 Å². The first-order valence-electron chi connectivity index (χ1n) is 6.13. The van der Waals surface area contributed by atoms with E-state index >= 15 is 0 Å². The molecular formula is C12H21N3O2S. The summed E-state index contributed by atoms with van der Waals surface area (Å²) in [5, 5.41) is 0. The lowest BCUT2D eigenvalue weighted by Gasteiger charge is -2.23. The van der Waals surface area contributed by atoms with Gasteiger partial charge in [0.25, 0.3) is 0 Å². The molecule has 1 rings (SSSR count). The van der Waals surface area contributed by atoms with E-state index in [0.717, 1.165) is 6.42 Å². The van der Waals surface area contributed by atoms with Gasteiger partial charge in [0.2, 0.25) is 10.0 Å². The molecule has 2 N–H and O–H groups in total. The number of aromatic nitrogens is 1. The molecule has 1 heterocycles. The Kier molecular flexibility index (Phi) is 5.10. The van der Waals surface area contributed by atoms with Crippen LogP contribution in [0.25, 0.3) is 0 Å². The standard InChI is InChI=1S/C12H21N3O2S/c1-4-10(3)9-15(5-2)18(16,17)11-6-7-14-12(13)8-11/h6-8,10H,4-5,9H2,1-3H3,(H2,13,14). The second kappa shape index (κ2) is 6.15. The summed E-state index contributed by atoms with van der Waals surface area (Å²) >= 11 is 0. The SMILES string of the molecule is CCC(C)CN(CC)S(=O)(=O)c1ccnc(N)c1. The topological polar surface area (TPSA) is 76.3 Å². The van der Waals surface area contributed by atoms with Crippen molar-refractivity contribution >= 4 is 15.8 Å². The molecule has 0 aliphatic carbocycles. The summed E-state index contributed by atoms with van der Waals surface area (Å²) in [6.07, 6.45) is 2.36. The van der Waals surface area contributed by atoms with E-state index in [4.69, 9.17) is 5.73 Å². The van der Waals surface area contributed by atoms with Gasteiger partial charge < -0.3 is 5.73 Å². The lowest BCUT2D eigenvalue weighted by Crippen LogP contribution is -2.34. The largest absolute Gasteiger partial charge is 0.384 e. The normalized spacial score (nSPS) is 13.8. The molecule has 0 spiro atoms. The Morgan fingerprint density at radius 3 is 2.61 bits per heavy atom. The van der Waals surface area contributed by atoms with Crippen LogP contribution in [0, 0.1) is 5.92 Å². The molecule has 0 saturated carbocycles. The number of hydrogen-bond donors (Lipinski definition) is 1. The molecule has 0 bridgehead atoms. The molecule has 102 valence electrons. The van der Waals surface area contributed by atoms with E-state index in [-0.39, 0.29) is 10.7 Å². The first-order valence-corrected chi connectivity index (χ1v) is 7.57. The maximum atomic E-state index is 12.4. The second-order valence-corrected chi connectivity index (χ2v) is 6.32. The molecule has 0 saturated heterocycles. The van der Waals surface area contributed by atoms with Crippen molar-refractivity contribution in [2.45, 2.75) is 32.1 Å². The van der Waals surface area contributed by atoms with E-state index in [1.165, 1.54) is 22.6 Å². The third-order valence-electron chi connectivity index (χ3n) is 2.96. The van der Waals surface area contributed by atoms with Crippen LogP contribution in [-0.2, 0) is 10.0 Å². The highest BCUT2D eigenvalue weighted by Gasteiger charge is 2.24. The maximum Gasteiger partial charge on any atom is 0.243 e. The van der Waals surface area contributed by atoms with Crippen LogP contribution in [0.1, 0.15) is 27.2 Å². The van der Waals surface area contributed by atoms with Crippen LogP contribution >= 0.6 is 0 Å². The number of nitrogen functional groups attached to an aromatic ring is 1. The summed E-state index contributed by atoms with van der Waals surface area (Å²) in [4.78, 5) is 4.02. The van der Waals surface area contributed by atoms with Crippen molar-refractivity contribution < 1.29 is 8.42 Å². The predicted molar refractivity (Wildman–Crippen MR) is 72.5 cm³/mol. The van der Waals surface area contributed by atoms with Crippen molar-refractivity contribution in [2.75, 3.05) is 18.8 Å². The Morgan fingerprint density at radius 1 is 1.44 bits per heavy atom. The van der Waals surface area contributed by atoms with Crippen LogP contribution in [0.3, 0.4) is 0 Å². The molecule has 6 heteroatoms. The van der Waals surface area contributed by atoms with Gasteiger partial charge in [-0.15, -0.1) is 0 Å². The van der Waals surface area contributed by atoms with Crippen LogP contribution in [0.5, 0.6) is 0 Å². The van der Waals surface area contributed by atoms with Crippen molar-refractivity contribution in [3.8, 4) is 0 Å². The molecule has 0 radical (unpaired) electrons. The Balaban J connectivity index is 3.03. The van der Waals surface area contributed by atoms with E-state index in [9.17, 15) is 8.42 Å². The maximum absolute atomic E-state index is 12.4. The Morgan fingerprint density at radius 2 is 2.11 bits per heavy atom. The Hall–Kier alpha value is -1.14. The zero-order valence-electron chi connectivity index (χ0n) is 11.1. The van der Waals surface area contributed by atoms with Crippen molar-refractivity contribution in [1.82, 2.24) is 9.29 Å². The molecule has 5 nitrogen and oxygen atoms in total. The highest BCUT2D eigenvalue weighted by atomic mass is 32.2. The van der Waals surface area contributed by atoms with Crippen molar-refractivity contribution in [1.29, 1.82) is 0 Å². The lowest BCUT2D eigenvalue weighted by atomic mass is 10.1. The second-order valence-electron chi connectivity index (χ2n) is 4.39. The van der Waals surface area contributed by atoms with Crippen LogP contribution in [-0.4, -0.2) is 30.8 Å². The van der Waals surface area contributed by atoms with Crippen molar-refractivity contribution in [2.24, 2.45) is 5.92 Å². The van der Waals surface area contributed by atoms with E-state index in [1.807, 2.05) is 13.8 Å². The van der Waals surface area contributed by atoms with Crippen LogP contribution in [0.15, 0.2) is 23.2 Å². The summed E-state index contributed by atoms with van der Waals surface area (Å²) < 4.78 is 26.3. The molecule has 1 unspecified atom stereocenters. The Bertz CT molecular complexity index is 488. The van der Waals surface area contributed by atoms with Gasteiger partial charge in [0.05, 0.1) is 4.90 Å². The summed E-state index contributed by atoms with van der Waals surface area (Å²) in [7, 11) is -3.47. The fourth-order valence-corrected chi connectivity index (χ4v) is 3.20. The van der Waals surface area contributed by atoms with E-state index in [1.54, 1.807) is 0 Å². The average molecular weight is 271 g/mol. The summed E-state index contributed by atoms with van der Waals surface area (Å²) in [5.74, 6) is 0.551. The molecule has 0 aliphatic rings. The van der Waals surface area contributed by atoms with E-state index in [2.05, 4.69) is 11.9 Å². The quantitative estimate of drug-likeness (QED) is 0.854. The molecule has 0 aliphatic heterocycles. The highest BCUT2D eigenvalue weighted by Crippen LogP contribution is 2.18. The molecule has 1 atom stereocenters. The zero-order chi connectivity index (χ0) is 13.8. The number of anilines is 1. The van der Waals surface area contributed by atoms with Crippen LogP contribution < -0.4 is 5.73 Å². The molecule has 1 aromatic heterocycles. The smallest absolute Gasteiger partial charge is 0.243 e. The van der Waals surface area contributed by atoms with Gasteiger partial charge in [0.15, 0.2) is 0 Å². The number of pyridine rings is 1. The van der Waals surface area contributed by atoms with Crippen LogP contribution in [0.4, 0.5) is 5.82 Å². The predicted octanol–water partition coefficient (Wildman–Crippen LogP) is 1.72. The lowest BCUT2D eigenvalue weighted by molar-refractivity contribution is 0.361. The van der Waals surface area contributed by atoms with Gasteiger partial charge >= 0.3 is 0 Å². The van der Waals surface area contributed by atoms with Gasteiger partial charge in [-0.25, -0.2) is 13.4 Å². The van der Waals surface area contributed by atoms with Gasteiger partial charge in [0, 0.05) is 25.4 Å². The number of rotatable bonds is 6. The third kappa shape index (κ3) is 3.43. The zero-order valence-corrected chi connectivity index (χ0v) is 11.9. The number of nitrogens with two attached hydrogens (primary N) is 1. The highest BCUT2D eigenvalue weighted by molar-refractivity contribution is 7.89. The van der Waals surface area contributed by atoms with Gasteiger partial charge in [-0.05, 0) is 12.0 Å². The fraction of sp³-hybridized carbons (Fsp3) is 0.583. The van der Waals surface area contributed by atoms with Crippen molar-refractivity contribution in [3.05, 3.63) is 18.3 Å². The van der Waals surface area contributed by atoms with E-state index < -0.39 is 10.0 Å². The van der Waals surface area contributed by atoms with Gasteiger partial charge in [-0.3, -0.25) is 0 Å². The fourth-order valence-electron chi connectivity index (χ4n) is 1.61. The molecule has 0 amide bonds. The summed E-state index contributed by atoms with van der Waals surface area (Å²) in [5.41, 5.74) is 5.53. The molecule has 0 fully saturated rings. The van der Waals surface area contributed by atoms with Gasteiger partial charge in [-0.2, -0.15) is 4.31 Å². The molecule has 18 heavy (non-hydrogen) atoms. The number of nitrogens with zero attached hydrogens (tertiary/aromatic N) is 2. The molecular weight excluding hydrogens is 250 g/mol. The minimum Gasteiger partial charge on any atom is -0.384 e. The van der Waals surface area contributed by atoms with Crippen LogP contribution in [0.2, 0.25) is 0 Å². The van der Waals surface area contributed by atoms with Gasteiger partial charge in [-0.1, -0.05) is 27.2 Å². The monoisotopic (exact) mass is 271 g/mol. The third-order valence-corrected chi connectivity index (χ3v) is 4.89. The number of sulfonamides is 1. The minimum atomic E-state index is -3.47. The molecule has 0 aromatic carbocycles. The minimum absolute atomic E-state index is 0.208. The average Bonchev–Trinajstić information content (AvgIpc) is 2.35.